The number of benzene rings is 1. The van der Waals surface area contributed by atoms with E-state index in [0.29, 0.717) is 12.0 Å². The molecule has 1 unspecified atom stereocenters. The molecule has 0 spiro atoms. The van der Waals surface area contributed by atoms with Gasteiger partial charge in [0.1, 0.15) is 0 Å². The van der Waals surface area contributed by atoms with Crippen LogP contribution >= 0.6 is 0 Å². The summed E-state index contributed by atoms with van der Waals surface area (Å²) in [6, 6.07) is 7.62. The molecule has 1 aromatic rings. The van der Waals surface area contributed by atoms with E-state index in [1.165, 1.54) is 51.4 Å². The number of hydrogen-bond donors (Lipinski definition) is 1. The maximum atomic E-state index is 12.5. The van der Waals surface area contributed by atoms with E-state index in [0.717, 1.165) is 43.8 Å². The molecule has 1 atom stereocenters. The minimum Gasteiger partial charge on any atom is -0.345 e. The fourth-order valence-corrected chi connectivity index (χ4v) is 4.84. The van der Waals surface area contributed by atoms with Gasteiger partial charge in [-0.15, -0.1) is 0 Å². The fourth-order valence-electron chi connectivity index (χ4n) is 4.84. The van der Waals surface area contributed by atoms with Crippen LogP contribution in [0.5, 0.6) is 0 Å². The molecule has 0 aromatic heterocycles. The molecule has 3 aliphatic rings. The molecular weight excluding hydrogens is 424 g/mol. The Labute approximate surface area is 206 Å². The van der Waals surface area contributed by atoms with Gasteiger partial charge in [0.2, 0.25) is 5.91 Å². The largest absolute Gasteiger partial charge is 0.345 e. The van der Waals surface area contributed by atoms with E-state index in [2.05, 4.69) is 5.32 Å². The van der Waals surface area contributed by atoms with Crippen molar-refractivity contribution < 1.29 is 14.4 Å². The third-order valence-corrected chi connectivity index (χ3v) is 7.42. The molecule has 5 heteroatoms. The SMILES string of the molecule is C1CCCCC1.CC(C)C(=O)CNC(=O)c1cccc(C2CCCN(C(=O)CCC3CC3)C2)c1. The summed E-state index contributed by atoms with van der Waals surface area (Å²) < 4.78 is 0. The smallest absolute Gasteiger partial charge is 0.251 e. The van der Waals surface area contributed by atoms with E-state index >= 15 is 0 Å². The van der Waals surface area contributed by atoms with E-state index in [1.54, 1.807) is 6.07 Å². The summed E-state index contributed by atoms with van der Waals surface area (Å²) in [5.41, 5.74) is 1.67. The van der Waals surface area contributed by atoms with Crippen molar-refractivity contribution in [2.45, 2.75) is 96.8 Å². The lowest BCUT2D eigenvalue weighted by molar-refractivity contribution is -0.132. The Morgan fingerprint density at radius 2 is 1.65 bits per heavy atom. The first-order chi connectivity index (χ1) is 16.4. The molecule has 4 rings (SSSR count). The van der Waals surface area contributed by atoms with Crippen LogP contribution in [0.15, 0.2) is 24.3 Å². The molecule has 1 heterocycles. The number of nitrogens with one attached hydrogen (secondary N) is 1. The van der Waals surface area contributed by atoms with Crippen LogP contribution in [0, 0.1) is 11.8 Å². The first-order valence-corrected chi connectivity index (χ1v) is 13.6. The second kappa shape index (κ2) is 13.7. The van der Waals surface area contributed by atoms with Gasteiger partial charge in [-0.3, -0.25) is 14.4 Å². The number of piperidine rings is 1. The van der Waals surface area contributed by atoms with Gasteiger partial charge in [-0.05, 0) is 42.9 Å². The number of carbonyl (C=O) groups excluding carboxylic acids is 3. The highest BCUT2D eigenvalue weighted by Crippen LogP contribution is 2.34. The van der Waals surface area contributed by atoms with Crippen LogP contribution in [0.1, 0.15) is 113 Å². The number of rotatable bonds is 8. The highest BCUT2D eigenvalue weighted by molar-refractivity contribution is 5.97. The number of hydrogen-bond acceptors (Lipinski definition) is 3. The second-order valence-corrected chi connectivity index (χ2v) is 10.7. The predicted molar refractivity (Wildman–Crippen MR) is 137 cm³/mol. The second-order valence-electron chi connectivity index (χ2n) is 10.7. The van der Waals surface area contributed by atoms with E-state index in [4.69, 9.17) is 0 Å². The third kappa shape index (κ3) is 8.88. The fraction of sp³-hybridized carbons (Fsp3) is 0.690. The molecule has 5 nitrogen and oxygen atoms in total. The van der Waals surface area contributed by atoms with Crippen LogP contribution in [0.2, 0.25) is 0 Å². The van der Waals surface area contributed by atoms with Gasteiger partial charge in [-0.25, -0.2) is 0 Å². The topological polar surface area (TPSA) is 66.5 Å². The standard InChI is InChI=1S/C23H32N2O3.C6H12/c1-16(2)21(26)14-24-23(28)19-6-3-5-18(13-19)20-7-4-12-25(15-20)22(27)11-10-17-8-9-17;1-2-4-6-5-3-1/h3,5-6,13,16-17,20H,4,7-12,14-15H2,1-2H3,(H,24,28);1-6H2. The van der Waals surface area contributed by atoms with Crippen LogP contribution in [0.25, 0.3) is 0 Å². The van der Waals surface area contributed by atoms with Crippen molar-refractivity contribution in [1.82, 2.24) is 10.2 Å². The van der Waals surface area contributed by atoms with Crippen LogP contribution in [0.4, 0.5) is 0 Å². The Balaban J connectivity index is 0.000000469. The number of Topliss-reactive ketones (excluding diaryl/α,β-unsaturated/α-hetero) is 1. The molecule has 188 valence electrons. The Morgan fingerprint density at radius 1 is 0.971 bits per heavy atom. The van der Waals surface area contributed by atoms with Crippen molar-refractivity contribution in [3.63, 3.8) is 0 Å². The maximum Gasteiger partial charge on any atom is 0.251 e. The molecule has 34 heavy (non-hydrogen) atoms. The lowest BCUT2D eigenvalue weighted by Crippen LogP contribution is -2.39. The van der Waals surface area contributed by atoms with Crippen molar-refractivity contribution in [1.29, 1.82) is 0 Å². The first kappa shape index (κ1) is 26.4. The first-order valence-electron chi connectivity index (χ1n) is 13.6. The van der Waals surface area contributed by atoms with Crippen molar-refractivity contribution >= 4 is 17.6 Å². The van der Waals surface area contributed by atoms with Crippen molar-refractivity contribution in [2.75, 3.05) is 19.6 Å². The van der Waals surface area contributed by atoms with E-state index in [-0.39, 0.29) is 36.0 Å². The summed E-state index contributed by atoms with van der Waals surface area (Å²) in [4.78, 5) is 38.7. The lowest BCUT2D eigenvalue weighted by Gasteiger charge is -2.33. The Kier molecular flexibility index (Phi) is 10.6. The number of likely N-dealkylation sites (tertiary alicyclic amines) is 1. The highest BCUT2D eigenvalue weighted by Gasteiger charge is 2.27. The average molecular weight is 469 g/mol. The summed E-state index contributed by atoms with van der Waals surface area (Å²) in [5, 5.41) is 2.72. The van der Waals surface area contributed by atoms with Gasteiger partial charge in [-0.1, -0.05) is 77.3 Å². The van der Waals surface area contributed by atoms with E-state index in [9.17, 15) is 14.4 Å². The van der Waals surface area contributed by atoms with Gasteiger partial charge in [0.25, 0.3) is 5.91 Å². The maximum absolute atomic E-state index is 12.5. The van der Waals surface area contributed by atoms with Gasteiger partial charge in [0, 0.05) is 36.9 Å². The van der Waals surface area contributed by atoms with E-state index in [1.807, 2.05) is 36.9 Å². The number of ketones is 1. The molecule has 2 amide bonds. The van der Waals surface area contributed by atoms with Crippen molar-refractivity contribution in [2.24, 2.45) is 11.8 Å². The Hall–Kier alpha value is -2.17. The van der Waals surface area contributed by atoms with Gasteiger partial charge < -0.3 is 10.2 Å². The molecule has 2 aliphatic carbocycles. The molecule has 3 fully saturated rings. The molecule has 1 aliphatic heterocycles. The summed E-state index contributed by atoms with van der Waals surface area (Å²) in [7, 11) is 0. The zero-order chi connectivity index (χ0) is 24.3. The molecule has 2 saturated carbocycles. The van der Waals surface area contributed by atoms with Crippen molar-refractivity contribution in [3.05, 3.63) is 35.4 Å². The third-order valence-electron chi connectivity index (χ3n) is 7.42. The molecule has 1 N–H and O–H groups in total. The molecule has 1 saturated heterocycles. The normalized spacial score (nSPS) is 20.3. The summed E-state index contributed by atoms with van der Waals surface area (Å²) >= 11 is 0. The quantitative estimate of drug-likeness (QED) is 0.518. The highest BCUT2D eigenvalue weighted by atomic mass is 16.2. The molecule has 0 bridgehead atoms. The van der Waals surface area contributed by atoms with Gasteiger partial charge in [0.15, 0.2) is 5.78 Å². The number of carbonyl (C=O) groups is 3. The molecule has 0 radical (unpaired) electrons. The zero-order valence-corrected chi connectivity index (χ0v) is 21.3. The predicted octanol–water partition coefficient (Wildman–Crippen LogP) is 5.88. The van der Waals surface area contributed by atoms with Crippen molar-refractivity contribution in [3.8, 4) is 0 Å². The minimum atomic E-state index is -0.218. The average Bonchev–Trinajstić information content (AvgIpc) is 3.72. The van der Waals surface area contributed by atoms with Crippen LogP contribution in [0.3, 0.4) is 0 Å². The Bertz CT molecular complexity index is 800. The van der Waals surface area contributed by atoms with E-state index < -0.39 is 0 Å². The summed E-state index contributed by atoms with van der Waals surface area (Å²) in [5.74, 6) is 1.04. The van der Waals surface area contributed by atoms with Gasteiger partial charge in [-0.2, -0.15) is 0 Å². The summed E-state index contributed by atoms with van der Waals surface area (Å²) in [6.45, 7) is 5.30. The number of nitrogens with zero attached hydrogens (tertiary/aromatic N) is 1. The lowest BCUT2D eigenvalue weighted by atomic mass is 9.89. The van der Waals surface area contributed by atoms with Crippen LogP contribution in [-0.4, -0.2) is 42.1 Å². The van der Waals surface area contributed by atoms with Crippen LogP contribution < -0.4 is 5.32 Å². The van der Waals surface area contributed by atoms with Crippen LogP contribution in [-0.2, 0) is 9.59 Å². The minimum absolute atomic E-state index is 0.0251. The number of amides is 2. The van der Waals surface area contributed by atoms with Gasteiger partial charge in [0.05, 0.1) is 6.54 Å². The monoisotopic (exact) mass is 468 g/mol. The Morgan fingerprint density at radius 3 is 2.26 bits per heavy atom. The summed E-state index contributed by atoms with van der Waals surface area (Å²) in [6.07, 6.45) is 15.3. The molecule has 1 aromatic carbocycles. The zero-order valence-electron chi connectivity index (χ0n) is 21.3. The molecular formula is C29H44N2O3. The van der Waals surface area contributed by atoms with Gasteiger partial charge >= 0.3 is 0 Å².